The highest BCUT2D eigenvalue weighted by Crippen LogP contribution is 2.43. The maximum absolute atomic E-state index is 14.2. The van der Waals surface area contributed by atoms with Gasteiger partial charge in [-0.25, -0.2) is 5.84 Å². The summed E-state index contributed by atoms with van der Waals surface area (Å²) in [4.78, 5) is 51.3. The SMILES string of the molecule is COCCOCCOCCN(CC(C)(C)SSCCC(=O)NN)c1cc(COc2cc3c(cc2C)C(=O)N2c4ccccc4C[C@H]2CC3)cc(COc2cc3c(cc2OC)C(=O)N2c4ccccc4C[C@H]2C=N3)c1. The number of para-hydroxylation sites is 2. The number of nitrogens with two attached hydrogens (primary N) is 1. The molecule has 0 fully saturated rings. The topological polar surface area (TPSA) is 167 Å². The Hall–Kier alpha value is -6.08. The summed E-state index contributed by atoms with van der Waals surface area (Å²) < 4.78 is 35.9. The highest BCUT2D eigenvalue weighted by Gasteiger charge is 2.38. The number of hydrazine groups is 1. The van der Waals surface area contributed by atoms with Gasteiger partial charge in [-0.3, -0.25) is 29.7 Å². The fourth-order valence-electron chi connectivity index (χ4n) is 10.1. The van der Waals surface area contributed by atoms with Crippen molar-refractivity contribution < 1.29 is 42.8 Å². The number of aliphatic imine (C=N–C) groups is 1. The summed E-state index contributed by atoms with van der Waals surface area (Å²) in [5, 5.41) is 0. The van der Waals surface area contributed by atoms with Gasteiger partial charge in [-0.1, -0.05) is 58.0 Å². The van der Waals surface area contributed by atoms with Gasteiger partial charge < -0.3 is 38.2 Å². The monoisotopic (exact) mass is 1040 g/mol. The van der Waals surface area contributed by atoms with Crippen molar-refractivity contribution in [2.24, 2.45) is 10.8 Å². The molecule has 15 nitrogen and oxygen atoms in total. The molecule has 0 aliphatic carbocycles. The van der Waals surface area contributed by atoms with E-state index in [0.29, 0.717) is 87.5 Å². The largest absolute Gasteiger partial charge is 0.493 e. The first-order valence-corrected chi connectivity index (χ1v) is 27.6. The molecule has 4 aliphatic rings. The van der Waals surface area contributed by atoms with Gasteiger partial charge in [0.1, 0.15) is 19.0 Å². The van der Waals surface area contributed by atoms with Crippen molar-refractivity contribution in [3.05, 3.63) is 136 Å². The number of nitrogens with one attached hydrogen (secondary N) is 1. The quantitative estimate of drug-likeness (QED) is 0.0198. The van der Waals surface area contributed by atoms with Crippen molar-refractivity contribution in [2.75, 3.05) is 80.8 Å². The molecule has 0 saturated heterocycles. The fourth-order valence-corrected chi connectivity index (χ4v) is 12.6. The molecular formula is C57H66N6O9S2. The first kappa shape index (κ1) is 52.8. The number of methoxy groups -OCH3 is 2. The number of amides is 3. The van der Waals surface area contributed by atoms with E-state index in [2.05, 4.69) is 66.6 Å². The van der Waals surface area contributed by atoms with E-state index in [1.807, 2.05) is 59.3 Å². The molecule has 74 heavy (non-hydrogen) atoms. The van der Waals surface area contributed by atoms with Crippen molar-refractivity contribution in [1.82, 2.24) is 5.43 Å². The average Bonchev–Trinajstić information content (AvgIpc) is 3.90. The second kappa shape index (κ2) is 24.1. The molecular weight excluding hydrogens is 977 g/mol. The predicted molar refractivity (Wildman–Crippen MR) is 294 cm³/mol. The maximum Gasteiger partial charge on any atom is 0.261 e. The van der Waals surface area contributed by atoms with E-state index in [1.54, 1.807) is 47.9 Å². The van der Waals surface area contributed by atoms with Crippen LogP contribution in [0.15, 0.2) is 96.0 Å². The molecule has 2 atom stereocenters. The van der Waals surface area contributed by atoms with Crippen LogP contribution in [0.2, 0.25) is 0 Å². The number of aryl methyl sites for hydroxylation is 2. The number of nitrogens with zero attached hydrogens (tertiary/aromatic N) is 4. The number of benzene rings is 5. The van der Waals surface area contributed by atoms with Gasteiger partial charge in [-0.05, 0) is 122 Å². The molecule has 4 heterocycles. The summed E-state index contributed by atoms with van der Waals surface area (Å²) in [6, 6.07) is 30.1. The molecule has 390 valence electrons. The third kappa shape index (κ3) is 12.2. The summed E-state index contributed by atoms with van der Waals surface area (Å²) in [6.07, 6.45) is 5.35. The summed E-state index contributed by atoms with van der Waals surface area (Å²) in [5.74, 6) is 7.27. The van der Waals surface area contributed by atoms with Crippen molar-refractivity contribution in [2.45, 2.75) is 82.9 Å². The Morgan fingerprint density at radius 1 is 0.784 bits per heavy atom. The third-order valence-corrected chi connectivity index (χ3v) is 17.0. The lowest BCUT2D eigenvalue weighted by Gasteiger charge is -2.34. The number of rotatable bonds is 24. The molecule has 17 heteroatoms. The average molecular weight is 1040 g/mol. The lowest BCUT2D eigenvalue weighted by Crippen LogP contribution is -2.38. The van der Waals surface area contributed by atoms with Gasteiger partial charge in [0.2, 0.25) is 5.91 Å². The Labute approximate surface area is 441 Å². The summed E-state index contributed by atoms with van der Waals surface area (Å²) >= 11 is 0. The van der Waals surface area contributed by atoms with Crippen LogP contribution in [-0.4, -0.2) is 107 Å². The molecule has 5 aromatic rings. The Balaban J connectivity index is 0.994. The normalized spacial score (nSPS) is 16.4. The third-order valence-electron chi connectivity index (χ3n) is 13.7. The molecule has 0 saturated carbocycles. The van der Waals surface area contributed by atoms with Crippen LogP contribution in [0.5, 0.6) is 17.2 Å². The first-order valence-electron chi connectivity index (χ1n) is 25.2. The van der Waals surface area contributed by atoms with Crippen LogP contribution in [0.4, 0.5) is 22.7 Å². The predicted octanol–water partition coefficient (Wildman–Crippen LogP) is 8.99. The van der Waals surface area contributed by atoms with E-state index in [-0.39, 0.29) is 47.8 Å². The first-order chi connectivity index (χ1) is 35.9. The second-order valence-electron chi connectivity index (χ2n) is 19.6. The van der Waals surface area contributed by atoms with Gasteiger partial charge in [0.25, 0.3) is 11.8 Å². The van der Waals surface area contributed by atoms with Crippen LogP contribution in [0.25, 0.3) is 0 Å². The van der Waals surface area contributed by atoms with Crippen LogP contribution >= 0.6 is 21.6 Å². The van der Waals surface area contributed by atoms with E-state index in [0.717, 1.165) is 75.5 Å². The number of carbonyl (C=O) groups is 3. The van der Waals surface area contributed by atoms with E-state index in [9.17, 15) is 14.4 Å². The second-order valence-corrected chi connectivity index (χ2v) is 22.7. The number of ether oxygens (including phenoxy) is 6. The van der Waals surface area contributed by atoms with Gasteiger partial charge in [-0.2, -0.15) is 0 Å². The van der Waals surface area contributed by atoms with Gasteiger partial charge >= 0.3 is 0 Å². The Morgan fingerprint density at radius 2 is 1.46 bits per heavy atom. The summed E-state index contributed by atoms with van der Waals surface area (Å²) in [7, 11) is 6.58. The minimum Gasteiger partial charge on any atom is -0.493 e. The molecule has 0 spiro atoms. The molecule has 5 aromatic carbocycles. The van der Waals surface area contributed by atoms with Crippen LogP contribution < -0.4 is 40.2 Å². The highest BCUT2D eigenvalue weighted by molar-refractivity contribution is 8.77. The van der Waals surface area contributed by atoms with Gasteiger partial charge in [0.15, 0.2) is 11.5 Å². The summed E-state index contributed by atoms with van der Waals surface area (Å²) in [6.45, 7) is 10.3. The molecule has 0 radical (unpaired) electrons. The zero-order chi connectivity index (χ0) is 51.8. The zero-order valence-electron chi connectivity index (χ0n) is 42.9. The summed E-state index contributed by atoms with van der Waals surface area (Å²) in [5.41, 5.74) is 12.7. The van der Waals surface area contributed by atoms with Crippen LogP contribution in [0, 0.1) is 6.92 Å². The number of carbonyl (C=O) groups excluding carboxylic acids is 3. The number of anilines is 3. The molecule has 3 amide bonds. The smallest absolute Gasteiger partial charge is 0.261 e. The van der Waals surface area contributed by atoms with Crippen molar-refractivity contribution in [3.8, 4) is 17.2 Å². The van der Waals surface area contributed by atoms with Crippen molar-refractivity contribution in [1.29, 1.82) is 0 Å². The van der Waals surface area contributed by atoms with Crippen molar-refractivity contribution in [3.63, 3.8) is 0 Å². The van der Waals surface area contributed by atoms with Gasteiger partial charge in [0, 0.05) is 84.5 Å². The molecule has 0 unspecified atom stereocenters. The minimum absolute atomic E-state index is 0.0401. The minimum atomic E-state index is -0.270. The molecule has 9 rings (SSSR count). The molecule has 0 aromatic heterocycles. The van der Waals surface area contributed by atoms with Gasteiger partial charge in [0.05, 0.1) is 57.4 Å². The fraction of sp³-hybridized carbons (Fsp3) is 0.404. The van der Waals surface area contributed by atoms with E-state index in [1.165, 1.54) is 5.56 Å². The number of hydrogen-bond acceptors (Lipinski definition) is 14. The lowest BCUT2D eigenvalue weighted by molar-refractivity contribution is -0.120. The zero-order valence-corrected chi connectivity index (χ0v) is 44.5. The highest BCUT2D eigenvalue weighted by atomic mass is 33.1. The maximum atomic E-state index is 14.2. The van der Waals surface area contributed by atoms with Crippen LogP contribution in [0.1, 0.15) is 80.8 Å². The van der Waals surface area contributed by atoms with E-state index >= 15 is 0 Å². The molecule has 3 N–H and O–H groups in total. The van der Waals surface area contributed by atoms with Crippen LogP contribution in [0.3, 0.4) is 0 Å². The van der Waals surface area contributed by atoms with Crippen LogP contribution in [-0.2, 0) is 51.5 Å². The standard InChI is InChI=1S/C57H66N6O9S2/c1-37-24-46-40(14-15-43-28-41-10-6-8-12-49(41)62(43)55(46)65)30-51(37)71-34-38-25-39(27-44(26-38)61(17-18-69-21-22-70-20-19-67-4)36-57(2,3)74-73-23-16-54(64)60-58)35-72-53-32-48-47(31-52(53)68-5)56(66)63-45(33-59-48)29-42-11-7-9-13-50(42)63/h6-13,24-27,30-33,43,45H,14-23,28-29,34-36,58H2,1-5H3,(H,60,64)/t43-,45+/m1/s1. The Kier molecular flexibility index (Phi) is 17.2. The Morgan fingerprint density at radius 3 is 2.19 bits per heavy atom. The lowest BCUT2D eigenvalue weighted by atomic mass is 9.98. The molecule has 4 aliphatic heterocycles. The number of hydrogen-bond donors (Lipinski definition) is 2. The van der Waals surface area contributed by atoms with Crippen molar-refractivity contribution >= 4 is 68.3 Å². The van der Waals surface area contributed by atoms with E-state index in [4.69, 9.17) is 39.3 Å². The van der Waals surface area contributed by atoms with Gasteiger partial charge in [-0.15, -0.1) is 0 Å². The Bertz CT molecular complexity index is 2880. The molecule has 0 bridgehead atoms. The number of fused-ring (bicyclic) bond motifs is 8. The van der Waals surface area contributed by atoms with E-state index < -0.39 is 0 Å².